The maximum atomic E-state index is 12.3. The van der Waals surface area contributed by atoms with Gasteiger partial charge in [0.05, 0.1) is 12.7 Å². The normalized spacial score (nSPS) is 31.1. The molecule has 0 aromatic heterocycles. The number of nitrogens with one attached hydrogen (secondary N) is 1. The molecule has 6 heteroatoms. The highest BCUT2D eigenvalue weighted by molar-refractivity contribution is 7.92. The van der Waals surface area contributed by atoms with Crippen molar-refractivity contribution >= 4 is 16.1 Å². The highest BCUT2D eigenvalue weighted by atomic mass is 32.2. The first kappa shape index (κ1) is 15.7. The first-order valence-corrected chi connectivity index (χ1v) is 9.01. The van der Waals surface area contributed by atoms with Gasteiger partial charge in [-0.25, -0.2) is 13.1 Å². The molecule has 1 N–H and O–H groups in total. The standard InChI is InChI=1S/C16H21NO4S/c1-20-11-14-15(13-7-9-21-16(13)14)17-22(18,19)10-8-12-5-3-2-4-6-12/h2-6,8,10,13-17H,7,9,11H2,1H3/b10-8+/t13-,14+,15-,16-/m1/s1. The fraction of sp³-hybridized carbons (Fsp3) is 0.500. The van der Waals surface area contributed by atoms with Crippen LogP contribution in [0.5, 0.6) is 0 Å². The number of hydrogen-bond donors (Lipinski definition) is 1. The molecule has 5 nitrogen and oxygen atoms in total. The number of benzene rings is 1. The molecule has 0 unspecified atom stereocenters. The molecule has 3 rings (SSSR count). The molecule has 1 aliphatic heterocycles. The second kappa shape index (κ2) is 6.50. The molecule has 1 saturated carbocycles. The van der Waals surface area contributed by atoms with Crippen LogP contribution in [0.25, 0.3) is 6.08 Å². The van der Waals surface area contributed by atoms with Gasteiger partial charge in [0.2, 0.25) is 10.0 Å². The smallest absolute Gasteiger partial charge is 0.234 e. The summed E-state index contributed by atoms with van der Waals surface area (Å²) in [7, 11) is -1.84. The highest BCUT2D eigenvalue weighted by Gasteiger charge is 2.54. The Hall–Kier alpha value is -1.21. The maximum Gasteiger partial charge on any atom is 0.234 e. The average Bonchev–Trinajstić information content (AvgIpc) is 2.94. The first-order valence-electron chi connectivity index (χ1n) is 7.47. The summed E-state index contributed by atoms with van der Waals surface area (Å²) in [5, 5.41) is 1.23. The number of ether oxygens (including phenoxy) is 2. The molecule has 1 saturated heterocycles. The minimum absolute atomic E-state index is 0.0948. The van der Waals surface area contributed by atoms with E-state index >= 15 is 0 Å². The molecule has 4 atom stereocenters. The molecule has 1 aliphatic carbocycles. The van der Waals surface area contributed by atoms with Gasteiger partial charge in [-0.05, 0) is 18.1 Å². The van der Waals surface area contributed by atoms with Crippen LogP contribution >= 0.6 is 0 Å². The van der Waals surface area contributed by atoms with Gasteiger partial charge in [0.15, 0.2) is 0 Å². The third-order valence-electron chi connectivity index (χ3n) is 4.43. The Morgan fingerprint density at radius 2 is 2.14 bits per heavy atom. The fourth-order valence-corrected chi connectivity index (χ4v) is 4.50. The SMILES string of the molecule is COC[C@H]1[C@H](NS(=O)(=O)/C=C/c2ccccc2)[C@H]2CCO[C@H]21. The van der Waals surface area contributed by atoms with Crippen molar-refractivity contribution in [2.75, 3.05) is 20.3 Å². The van der Waals surface area contributed by atoms with Crippen molar-refractivity contribution in [1.29, 1.82) is 0 Å². The van der Waals surface area contributed by atoms with Crippen LogP contribution < -0.4 is 4.72 Å². The zero-order valence-corrected chi connectivity index (χ0v) is 13.3. The van der Waals surface area contributed by atoms with Crippen molar-refractivity contribution in [3.8, 4) is 0 Å². The predicted octanol–water partition coefficient (Wildman–Crippen LogP) is 1.63. The van der Waals surface area contributed by atoms with Gasteiger partial charge in [-0.15, -0.1) is 0 Å². The van der Waals surface area contributed by atoms with Crippen molar-refractivity contribution in [3.63, 3.8) is 0 Å². The van der Waals surface area contributed by atoms with E-state index in [-0.39, 0.29) is 24.0 Å². The Morgan fingerprint density at radius 1 is 1.36 bits per heavy atom. The van der Waals surface area contributed by atoms with Crippen LogP contribution in [0.3, 0.4) is 0 Å². The second-order valence-corrected chi connectivity index (χ2v) is 7.41. The van der Waals surface area contributed by atoms with E-state index in [0.29, 0.717) is 13.2 Å². The summed E-state index contributed by atoms with van der Waals surface area (Å²) in [6.45, 7) is 1.21. The van der Waals surface area contributed by atoms with Gasteiger partial charge in [-0.3, -0.25) is 0 Å². The fourth-order valence-electron chi connectivity index (χ4n) is 3.36. The minimum Gasteiger partial charge on any atom is -0.384 e. The number of methoxy groups -OCH3 is 1. The van der Waals surface area contributed by atoms with E-state index in [1.54, 1.807) is 13.2 Å². The molecule has 0 bridgehead atoms. The molecule has 0 amide bonds. The van der Waals surface area contributed by atoms with E-state index in [0.717, 1.165) is 12.0 Å². The summed E-state index contributed by atoms with van der Waals surface area (Å²) in [4.78, 5) is 0. The number of rotatable bonds is 6. The van der Waals surface area contributed by atoms with Gasteiger partial charge >= 0.3 is 0 Å². The highest BCUT2D eigenvalue weighted by Crippen LogP contribution is 2.44. The molecular weight excluding hydrogens is 302 g/mol. The average molecular weight is 323 g/mol. The lowest BCUT2D eigenvalue weighted by molar-refractivity contribution is -0.0774. The molecule has 22 heavy (non-hydrogen) atoms. The van der Waals surface area contributed by atoms with Gasteiger partial charge < -0.3 is 9.47 Å². The monoisotopic (exact) mass is 323 g/mol. The van der Waals surface area contributed by atoms with Crippen LogP contribution in [0.1, 0.15) is 12.0 Å². The minimum atomic E-state index is -3.47. The van der Waals surface area contributed by atoms with E-state index in [4.69, 9.17) is 9.47 Å². The van der Waals surface area contributed by atoms with Crippen LogP contribution in [0.4, 0.5) is 0 Å². The Morgan fingerprint density at radius 3 is 2.86 bits per heavy atom. The van der Waals surface area contributed by atoms with Gasteiger partial charge in [0.25, 0.3) is 0 Å². The Kier molecular flexibility index (Phi) is 4.63. The van der Waals surface area contributed by atoms with Crippen molar-refractivity contribution in [1.82, 2.24) is 4.72 Å². The lowest BCUT2D eigenvalue weighted by atomic mass is 9.68. The molecule has 1 aromatic carbocycles. The Bertz CT molecular complexity index is 629. The van der Waals surface area contributed by atoms with Crippen molar-refractivity contribution in [2.45, 2.75) is 18.6 Å². The number of hydrogen-bond acceptors (Lipinski definition) is 4. The van der Waals surface area contributed by atoms with Crippen molar-refractivity contribution < 1.29 is 17.9 Å². The molecule has 1 heterocycles. The molecule has 0 spiro atoms. The Balaban J connectivity index is 1.67. The molecule has 2 fully saturated rings. The van der Waals surface area contributed by atoms with E-state index in [1.807, 2.05) is 30.3 Å². The van der Waals surface area contributed by atoms with Gasteiger partial charge in [0, 0.05) is 37.0 Å². The topological polar surface area (TPSA) is 64.6 Å². The Labute approximate surface area is 131 Å². The zero-order chi connectivity index (χ0) is 15.6. The van der Waals surface area contributed by atoms with Gasteiger partial charge in [-0.2, -0.15) is 0 Å². The maximum absolute atomic E-state index is 12.3. The molecule has 1 aromatic rings. The van der Waals surface area contributed by atoms with E-state index in [1.165, 1.54) is 5.41 Å². The first-order chi connectivity index (χ1) is 10.6. The van der Waals surface area contributed by atoms with Crippen LogP contribution in [0.2, 0.25) is 0 Å². The summed E-state index contributed by atoms with van der Waals surface area (Å²) < 4.78 is 38.2. The molecule has 2 aliphatic rings. The van der Waals surface area contributed by atoms with E-state index in [9.17, 15) is 8.42 Å². The number of sulfonamides is 1. The summed E-state index contributed by atoms with van der Waals surface area (Å²) in [6.07, 6.45) is 2.64. The summed E-state index contributed by atoms with van der Waals surface area (Å²) in [5.41, 5.74) is 0.858. The third-order valence-corrected chi connectivity index (χ3v) is 5.52. The zero-order valence-electron chi connectivity index (χ0n) is 12.5. The quantitative estimate of drug-likeness (QED) is 0.864. The molecular formula is C16H21NO4S. The summed E-state index contributed by atoms with van der Waals surface area (Å²) in [6, 6.07) is 9.28. The summed E-state index contributed by atoms with van der Waals surface area (Å²) in [5.74, 6) is 0.359. The lowest BCUT2D eigenvalue weighted by Crippen LogP contribution is -2.62. The predicted molar refractivity (Wildman–Crippen MR) is 84.5 cm³/mol. The molecule has 120 valence electrons. The van der Waals surface area contributed by atoms with Gasteiger partial charge in [-0.1, -0.05) is 30.3 Å². The van der Waals surface area contributed by atoms with Crippen LogP contribution in [0, 0.1) is 11.8 Å². The van der Waals surface area contributed by atoms with Crippen LogP contribution in [0.15, 0.2) is 35.7 Å². The summed E-state index contributed by atoms with van der Waals surface area (Å²) >= 11 is 0. The second-order valence-electron chi connectivity index (χ2n) is 5.81. The van der Waals surface area contributed by atoms with Crippen molar-refractivity contribution in [3.05, 3.63) is 41.3 Å². The van der Waals surface area contributed by atoms with E-state index in [2.05, 4.69) is 4.72 Å². The van der Waals surface area contributed by atoms with Crippen molar-refractivity contribution in [2.24, 2.45) is 11.8 Å². The van der Waals surface area contributed by atoms with Crippen LogP contribution in [-0.4, -0.2) is 40.9 Å². The van der Waals surface area contributed by atoms with E-state index < -0.39 is 10.0 Å². The largest absolute Gasteiger partial charge is 0.384 e. The lowest BCUT2D eigenvalue weighted by Gasteiger charge is -2.47. The van der Waals surface area contributed by atoms with Gasteiger partial charge in [0.1, 0.15) is 0 Å². The molecule has 0 radical (unpaired) electrons. The number of fused-ring (bicyclic) bond motifs is 1. The third kappa shape index (κ3) is 3.25. The van der Waals surface area contributed by atoms with Crippen LogP contribution in [-0.2, 0) is 19.5 Å².